The quantitative estimate of drug-likeness (QED) is 0.462. The van der Waals surface area contributed by atoms with Crippen molar-refractivity contribution in [1.29, 1.82) is 0 Å². The van der Waals surface area contributed by atoms with Crippen LogP contribution in [0.3, 0.4) is 0 Å². The second kappa shape index (κ2) is 6.59. The number of nitro benzene ring substituents is 1. The predicted molar refractivity (Wildman–Crippen MR) is 78.4 cm³/mol. The fourth-order valence-corrected chi connectivity index (χ4v) is 2.09. The Labute approximate surface area is 126 Å². The van der Waals surface area contributed by atoms with E-state index in [1.54, 1.807) is 12.1 Å². The van der Waals surface area contributed by atoms with Crippen LogP contribution in [-0.2, 0) is 12.5 Å². The van der Waals surface area contributed by atoms with Crippen LogP contribution in [-0.4, -0.2) is 4.92 Å². The molecule has 0 bridgehead atoms. The molecule has 0 saturated carbocycles. The molecule has 4 nitrogen and oxygen atoms in total. The van der Waals surface area contributed by atoms with Crippen molar-refractivity contribution in [2.75, 3.05) is 0 Å². The van der Waals surface area contributed by atoms with Crippen molar-refractivity contribution in [2.24, 2.45) is 0 Å². The summed E-state index contributed by atoms with van der Waals surface area (Å²) in [6.45, 7) is 0.279. The lowest BCUT2D eigenvalue weighted by Crippen LogP contribution is -1.99. The Bertz CT molecular complexity index is 632. The zero-order valence-corrected chi connectivity index (χ0v) is 11.9. The van der Waals surface area contributed by atoms with Gasteiger partial charge in [-0.2, -0.15) is 0 Å². The summed E-state index contributed by atoms with van der Waals surface area (Å²) in [5, 5.41) is 11.3. The number of hydrogen-bond acceptors (Lipinski definition) is 3. The maximum absolute atomic E-state index is 10.7. The SMILES string of the molecule is O=[N+]([O-])c1ccc(OCc2ccccc2Cl)c(CCl)c1. The number of alkyl halides is 1. The zero-order chi connectivity index (χ0) is 14.5. The number of rotatable bonds is 5. The molecule has 0 N–H and O–H groups in total. The van der Waals surface area contributed by atoms with Crippen molar-refractivity contribution in [3.63, 3.8) is 0 Å². The molecule has 0 radical (unpaired) electrons. The molecule has 0 aliphatic rings. The van der Waals surface area contributed by atoms with Crippen molar-refractivity contribution in [1.82, 2.24) is 0 Å². The Hall–Kier alpha value is -1.78. The van der Waals surface area contributed by atoms with Gasteiger partial charge < -0.3 is 4.74 Å². The molecule has 0 saturated heterocycles. The zero-order valence-electron chi connectivity index (χ0n) is 10.4. The van der Waals surface area contributed by atoms with Gasteiger partial charge in [-0.1, -0.05) is 29.8 Å². The maximum Gasteiger partial charge on any atom is 0.270 e. The molecule has 2 aromatic rings. The lowest BCUT2D eigenvalue weighted by molar-refractivity contribution is -0.384. The van der Waals surface area contributed by atoms with Crippen LogP contribution < -0.4 is 4.74 Å². The van der Waals surface area contributed by atoms with Crippen molar-refractivity contribution in [3.05, 3.63) is 68.7 Å². The van der Waals surface area contributed by atoms with Crippen molar-refractivity contribution >= 4 is 28.9 Å². The highest BCUT2D eigenvalue weighted by Gasteiger charge is 2.11. The molecule has 2 aromatic carbocycles. The summed E-state index contributed by atoms with van der Waals surface area (Å²) >= 11 is 11.8. The van der Waals surface area contributed by atoms with E-state index in [2.05, 4.69) is 0 Å². The molecular formula is C14H11Cl2NO3. The third-order valence-corrected chi connectivity index (χ3v) is 3.40. The van der Waals surface area contributed by atoms with Crippen molar-refractivity contribution in [3.8, 4) is 5.75 Å². The van der Waals surface area contributed by atoms with E-state index < -0.39 is 4.92 Å². The van der Waals surface area contributed by atoms with Crippen LogP contribution in [0.1, 0.15) is 11.1 Å². The number of ether oxygens (including phenoxy) is 1. The number of nitrogens with zero attached hydrogens (tertiary/aromatic N) is 1. The van der Waals surface area contributed by atoms with E-state index in [4.69, 9.17) is 27.9 Å². The van der Waals surface area contributed by atoms with Gasteiger partial charge >= 0.3 is 0 Å². The van der Waals surface area contributed by atoms with Gasteiger partial charge in [0.1, 0.15) is 12.4 Å². The molecule has 0 atom stereocenters. The third kappa shape index (κ3) is 3.40. The van der Waals surface area contributed by atoms with E-state index in [1.807, 2.05) is 18.2 Å². The summed E-state index contributed by atoms with van der Waals surface area (Å²) < 4.78 is 5.64. The topological polar surface area (TPSA) is 52.4 Å². The van der Waals surface area contributed by atoms with Gasteiger partial charge in [0, 0.05) is 28.3 Å². The number of hydrogen-bond donors (Lipinski definition) is 0. The van der Waals surface area contributed by atoms with Crippen LogP contribution in [0.4, 0.5) is 5.69 Å². The molecule has 20 heavy (non-hydrogen) atoms. The monoisotopic (exact) mass is 311 g/mol. The molecule has 2 rings (SSSR count). The van der Waals surface area contributed by atoms with Crippen LogP contribution in [0.25, 0.3) is 0 Å². The number of benzene rings is 2. The summed E-state index contributed by atoms with van der Waals surface area (Å²) in [4.78, 5) is 10.2. The molecule has 0 amide bonds. The van der Waals surface area contributed by atoms with Crippen LogP contribution in [0.15, 0.2) is 42.5 Å². The van der Waals surface area contributed by atoms with Crippen molar-refractivity contribution < 1.29 is 9.66 Å². The third-order valence-electron chi connectivity index (χ3n) is 2.74. The lowest BCUT2D eigenvalue weighted by Gasteiger charge is -2.10. The lowest BCUT2D eigenvalue weighted by atomic mass is 10.2. The summed E-state index contributed by atoms with van der Waals surface area (Å²) in [7, 11) is 0. The largest absolute Gasteiger partial charge is 0.489 e. The van der Waals surface area contributed by atoms with Gasteiger partial charge in [0.05, 0.1) is 10.8 Å². The molecule has 0 aromatic heterocycles. The van der Waals surface area contributed by atoms with E-state index in [0.29, 0.717) is 16.3 Å². The first kappa shape index (κ1) is 14.6. The minimum Gasteiger partial charge on any atom is -0.489 e. The Morgan fingerprint density at radius 1 is 1.15 bits per heavy atom. The molecule has 104 valence electrons. The van der Waals surface area contributed by atoms with E-state index >= 15 is 0 Å². The average molecular weight is 312 g/mol. The van der Waals surface area contributed by atoms with Gasteiger partial charge in [-0.15, -0.1) is 11.6 Å². The Kier molecular flexibility index (Phi) is 4.82. The number of non-ortho nitro benzene ring substituents is 1. The van der Waals surface area contributed by atoms with Crippen LogP contribution in [0.2, 0.25) is 5.02 Å². The minimum absolute atomic E-state index is 0.00857. The predicted octanol–water partition coefficient (Wildman–Crippen LogP) is 4.57. The average Bonchev–Trinajstić information content (AvgIpc) is 2.46. The molecule has 0 aliphatic heterocycles. The normalized spacial score (nSPS) is 10.3. The van der Waals surface area contributed by atoms with Gasteiger partial charge in [0.15, 0.2) is 0 Å². The van der Waals surface area contributed by atoms with E-state index in [-0.39, 0.29) is 18.2 Å². The second-order valence-corrected chi connectivity index (χ2v) is 4.74. The van der Waals surface area contributed by atoms with Crippen molar-refractivity contribution in [2.45, 2.75) is 12.5 Å². The molecular weight excluding hydrogens is 301 g/mol. The van der Waals surface area contributed by atoms with Gasteiger partial charge in [-0.3, -0.25) is 10.1 Å². The van der Waals surface area contributed by atoms with Crippen LogP contribution in [0, 0.1) is 10.1 Å². The summed E-state index contributed by atoms with van der Waals surface area (Å²) in [6, 6.07) is 11.7. The second-order valence-electron chi connectivity index (χ2n) is 4.06. The van der Waals surface area contributed by atoms with Crippen LogP contribution in [0.5, 0.6) is 5.75 Å². The first-order valence-electron chi connectivity index (χ1n) is 5.81. The van der Waals surface area contributed by atoms with Crippen LogP contribution >= 0.6 is 23.2 Å². The Morgan fingerprint density at radius 3 is 2.55 bits per heavy atom. The van der Waals surface area contributed by atoms with E-state index in [1.165, 1.54) is 12.1 Å². The molecule has 0 aliphatic carbocycles. The fourth-order valence-electron chi connectivity index (χ4n) is 1.70. The first-order valence-corrected chi connectivity index (χ1v) is 6.72. The standard InChI is InChI=1S/C14H11Cl2NO3/c15-8-11-7-12(17(18)19)5-6-14(11)20-9-10-3-1-2-4-13(10)16/h1-7H,8-9H2. The Morgan fingerprint density at radius 2 is 1.90 bits per heavy atom. The van der Waals surface area contributed by atoms with E-state index in [0.717, 1.165) is 5.56 Å². The highest BCUT2D eigenvalue weighted by molar-refractivity contribution is 6.31. The Balaban J connectivity index is 2.17. The molecule has 0 heterocycles. The fraction of sp³-hybridized carbons (Fsp3) is 0.143. The highest BCUT2D eigenvalue weighted by atomic mass is 35.5. The summed E-state index contributed by atoms with van der Waals surface area (Å²) in [6.07, 6.45) is 0. The van der Waals surface area contributed by atoms with Gasteiger partial charge in [0.2, 0.25) is 0 Å². The molecule has 0 fully saturated rings. The molecule has 0 unspecified atom stereocenters. The number of halogens is 2. The number of nitro groups is 1. The van der Waals surface area contributed by atoms with Gasteiger partial charge in [0.25, 0.3) is 5.69 Å². The summed E-state index contributed by atoms with van der Waals surface area (Å²) in [5.41, 5.74) is 1.41. The van der Waals surface area contributed by atoms with Gasteiger partial charge in [-0.05, 0) is 12.1 Å². The molecule has 6 heteroatoms. The first-order chi connectivity index (χ1) is 9.61. The summed E-state index contributed by atoms with van der Waals surface area (Å²) in [5.74, 6) is 0.657. The minimum atomic E-state index is -0.464. The smallest absolute Gasteiger partial charge is 0.270 e. The maximum atomic E-state index is 10.7. The molecule has 0 spiro atoms. The highest BCUT2D eigenvalue weighted by Crippen LogP contribution is 2.27. The van der Waals surface area contributed by atoms with E-state index in [9.17, 15) is 10.1 Å². The van der Waals surface area contributed by atoms with Gasteiger partial charge in [-0.25, -0.2) is 0 Å².